The molecule has 0 amide bonds. The second-order valence-corrected chi connectivity index (χ2v) is 7.11. The first-order valence-electron chi connectivity index (χ1n) is 7.44. The van der Waals surface area contributed by atoms with Gasteiger partial charge in [0.05, 0.1) is 5.69 Å². The van der Waals surface area contributed by atoms with Crippen LogP contribution in [0.25, 0.3) is 0 Å². The molecule has 0 bridgehead atoms. The average Bonchev–Trinajstić information content (AvgIpc) is 3.22. The zero-order chi connectivity index (χ0) is 14.6. The second kappa shape index (κ2) is 6.59. The lowest BCUT2D eigenvalue weighted by molar-refractivity contribution is 0.580. The molecule has 5 heteroatoms. The van der Waals surface area contributed by atoms with Crippen LogP contribution in [0.15, 0.2) is 29.2 Å². The number of para-hydroxylation sites is 1. The molecule has 0 aromatic heterocycles. The molecule has 1 atom stereocenters. The third kappa shape index (κ3) is 3.96. The first kappa shape index (κ1) is 15.3. The van der Waals surface area contributed by atoms with Crippen LogP contribution in [0.2, 0.25) is 0 Å². The van der Waals surface area contributed by atoms with Crippen LogP contribution < -0.4 is 10.0 Å². The van der Waals surface area contributed by atoms with Crippen molar-refractivity contribution in [1.29, 1.82) is 0 Å². The van der Waals surface area contributed by atoms with Crippen molar-refractivity contribution in [1.82, 2.24) is 4.72 Å². The van der Waals surface area contributed by atoms with Crippen molar-refractivity contribution in [2.45, 2.75) is 62.9 Å². The number of hydrogen-bond acceptors (Lipinski definition) is 3. The zero-order valence-corrected chi connectivity index (χ0v) is 13.0. The van der Waals surface area contributed by atoms with E-state index in [1.165, 1.54) is 0 Å². The molecule has 20 heavy (non-hydrogen) atoms. The summed E-state index contributed by atoms with van der Waals surface area (Å²) in [6, 6.07) is 7.61. The molecule has 1 aliphatic carbocycles. The van der Waals surface area contributed by atoms with Gasteiger partial charge in [-0.3, -0.25) is 0 Å². The highest BCUT2D eigenvalue weighted by molar-refractivity contribution is 7.89. The van der Waals surface area contributed by atoms with Crippen molar-refractivity contribution in [2.75, 3.05) is 5.32 Å². The van der Waals surface area contributed by atoms with E-state index in [1.54, 1.807) is 12.1 Å². The number of nitrogens with one attached hydrogen (secondary N) is 2. The standard InChI is InChI=1S/C15H24N2O2S/c1-3-7-12(4-2)16-14-8-5-6-9-15(14)20(18,19)17-13-10-11-13/h5-6,8-9,12-13,16-17H,3-4,7,10-11H2,1-2H3. The largest absolute Gasteiger partial charge is 0.381 e. The van der Waals surface area contributed by atoms with Crippen molar-refractivity contribution in [3.05, 3.63) is 24.3 Å². The Labute approximate surface area is 122 Å². The van der Waals surface area contributed by atoms with Gasteiger partial charge in [0.2, 0.25) is 10.0 Å². The quantitative estimate of drug-likeness (QED) is 0.775. The third-order valence-electron chi connectivity index (χ3n) is 3.57. The molecule has 1 saturated carbocycles. The topological polar surface area (TPSA) is 58.2 Å². The Morgan fingerprint density at radius 1 is 1.25 bits per heavy atom. The monoisotopic (exact) mass is 296 g/mol. The molecule has 2 N–H and O–H groups in total. The molecule has 2 rings (SSSR count). The predicted octanol–water partition coefficient (Wildman–Crippen LogP) is 3.12. The van der Waals surface area contributed by atoms with Crippen LogP contribution in [0.5, 0.6) is 0 Å². The van der Waals surface area contributed by atoms with E-state index in [2.05, 4.69) is 23.9 Å². The van der Waals surface area contributed by atoms with E-state index < -0.39 is 10.0 Å². The summed E-state index contributed by atoms with van der Waals surface area (Å²) in [6.07, 6.45) is 5.00. The minimum absolute atomic E-state index is 0.130. The minimum Gasteiger partial charge on any atom is -0.381 e. The van der Waals surface area contributed by atoms with E-state index in [9.17, 15) is 8.42 Å². The van der Waals surface area contributed by atoms with Crippen molar-refractivity contribution in [2.24, 2.45) is 0 Å². The molecule has 1 unspecified atom stereocenters. The lowest BCUT2D eigenvalue weighted by Crippen LogP contribution is -2.27. The average molecular weight is 296 g/mol. The summed E-state index contributed by atoms with van der Waals surface area (Å²) in [7, 11) is -3.41. The smallest absolute Gasteiger partial charge is 0.242 e. The van der Waals surface area contributed by atoms with E-state index in [4.69, 9.17) is 0 Å². The number of hydrogen-bond donors (Lipinski definition) is 2. The Kier molecular flexibility index (Phi) is 5.05. The minimum atomic E-state index is -3.41. The van der Waals surface area contributed by atoms with Gasteiger partial charge in [0, 0.05) is 12.1 Å². The highest BCUT2D eigenvalue weighted by atomic mass is 32.2. The van der Waals surface area contributed by atoms with Crippen molar-refractivity contribution in [3.8, 4) is 0 Å². The van der Waals surface area contributed by atoms with E-state index in [0.717, 1.165) is 32.1 Å². The van der Waals surface area contributed by atoms with Crippen LogP contribution in [-0.2, 0) is 10.0 Å². The predicted molar refractivity (Wildman–Crippen MR) is 82.4 cm³/mol. The fourth-order valence-corrected chi connectivity index (χ4v) is 3.73. The maximum absolute atomic E-state index is 12.4. The fourth-order valence-electron chi connectivity index (χ4n) is 2.25. The van der Waals surface area contributed by atoms with Crippen LogP contribution >= 0.6 is 0 Å². The highest BCUT2D eigenvalue weighted by Gasteiger charge is 2.29. The Balaban J connectivity index is 2.20. The van der Waals surface area contributed by atoms with Crippen LogP contribution in [0.3, 0.4) is 0 Å². The number of rotatable bonds is 8. The van der Waals surface area contributed by atoms with E-state index in [1.807, 2.05) is 12.1 Å². The van der Waals surface area contributed by atoms with Crippen LogP contribution in [0, 0.1) is 0 Å². The molecule has 0 heterocycles. The number of sulfonamides is 1. The molecule has 0 radical (unpaired) electrons. The summed E-state index contributed by atoms with van der Waals surface area (Å²) in [5.41, 5.74) is 0.709. The lowest BCUT2D eigenvalue weighted by Gasteiger charge is -2.20. The Morgan fingerprint density at radius 3 is 2.55 bits per heavy atom. The molecule has 1 aliphatic rings. The Bertz CT molecular complexity index is 539. The van der Waals surface area contributed by atoms with Gasteiger partial charge in [-0.25, -0.2) is 13.1 Å². The van der Waals surface area contributed by atoms with Crippen molar-refractivity contribution in [3.63, 3.8) is 0 Å². The molecule has 1 aromatic rings. The van der Waals surface area contributed by atoms with Gasteiger partial charge in [0.25, 0.3) is 0 Å². The van der Waals surface area contributed by atoms with Crippen molar-refractivity contribution >= 4 is 15.7 Å². The Hall–Kier alpha value is -1.07. The molecule has 1 fully saturated rings. The molecule has 4 nitrogen and oxygen atoms in total. The molecule has 0 saturated heterocycles. The van der Waals surface area contributed by atoms with Gasteiger partial charge < -0.3 is 5.32 Å². The molecular weight excluding hydrogens is 272 g/mol. The van der Waals surface area contributed by atoms with Gasteiger partial charge in [-0.1, -0.05) is 32.4 Å². The van der Waals surface area contributed by atoms with E-state index in [0.29, 0.717) is 16.6 Å². The van der Waals surface area contributed by atoms with Gasteiger partial charge in [0.15, 0.2) is 0 Å². The van der Waals surface area contributed by atoms with Crippen molar-refractivity contribution < 1.29 is 8.42 Å². The fraction of sp³-hybridized carbons (Fsp3) is 0.600. The van der Waals surface area contributed by atoms with Gasteiger partial charge in [-0.15, -0.1) is 0 Å². The van der Waals surface area contributed by atoms with Gasteiger partial charge in [-0.2, -0.15) is 0 Å². The molecule has 1 aromatic carbocycles. The van der Waals surface area contributed by atoms with Crippen LogP contribution in [0.1, 0.15) is 46.0 Å². The Morgan fingerprint density at radius 2 is 1.95 bits per heavy atom. The van der Waals surface area contributed by atoms with Gasteiger partial charge in [-0.05, 0) is 37.8 Å². The molecule has 112 valence electrons. The van der Waals surface area contributed by atoms with Crippen LogP contribution in [0.4, 0.5) is 5.69 Å². The lowest BCUT2D eigenvalue weighted by atomic mass is 10.1. The maximum atomic E-state index is 12.4. The number of anilines is 1. The van der Waals surface area contributed by atoms with Crippen LogP contribution in [-0.4, -0.2) is 20.5 Å². The SMILES string of the molecule is CCCC(CC)Nc1ccccc1S(=O)(=O)NC1CC1. The van der Waals surface area contributed by atoms with Gasteiger partial charge >= 0.3 is 0 Å². The summed E-state index contributed by atoms with van der Waals surface area (Å²) < 4.78 is 27.5. The summed E-state index contributed by atoms with van der Waals surface area (Å²) in [4.78, 5) is 0.362. The van der Waals surface area contributed by atoms with Gasteiger partial charge in [0.1, 0.15) is 4.90 Å². The van der Waals surface area contributed by atoms with E-state index in [-0.39, 0.29) is 6.04 Å². The first-order valence-corrected chi connectivity index (χ1v) is 8.93. The first-order chi connectivity index (χ1) is 9.56. The molecular formula is C15H24N2O2S. The highest BCUT2D eigenvalue weighted by Crippen LogP contribution is 2.26. The second-order valence-electron chi connectivity index (χ2n) is 5.43. The normalized spacial score (nSPS) is 16.9. The zero-order valence-electron chi connectivity index (χ0n) is 12.2. The molecule has 0 spiro atoms. The summed E-state index contributed by atoms with van der Waals surface area (Å²) >= 11 is 0. The third-order valence-corrected chi connectivity index (χ3v) is 5.14. The maximum Gasteiger partial charge on any atom is 0.242 e. The number of benzene rings is 1. The summed E-state index contributed by atoms with van der Waals surface area (Å²) in [5, 5.41) is 3.38. The summed E-state index contributed by atoms with van der Waals surface area (Å²) in [6.45, 7) is 4.26. The molecule has 0 aliphatic heterocycles. The summed E-state index contributed by atoms with van der Waals surface area (Å²) in [5.74, 6) is 0. The van der Waals surface area contributed by atoms with E-state index >= 15 is 0 Å².